The summed E-state index contributed by atoms with van der Waals surface area (Å²) >= 11 is 0. The number of methoxy groups -OCH3 is 1. The minimum absolute atomic E-state index is 0.0910. The molecule has 0 saturated carbocycles. The number of hydrogen-bond donors (Lipinski definition) is 2. The highest BCUT2D eigenvalue weighted by atomic mass is 19.4. The summed E-state index contributed by atoms with van der Waals surface area (Å²) in [5.41, 5.74) is -2.53. The van der Waals surface area contributed by atoms with Gasteiger partial charge in [0.1, 0.15) is 5.75 Å². The second-order valence-corrected chi connectivity index (χ2v) is 8.06. The molecule has 0 aliphatic carbocycles. The van der Waals surface area contributed by atoms with Crippen molar-refractivity contribution in [3.63, 3.8) is 0 Å². The van der Waals surface area contributed by atoms with Crippen LogP contribution in [0, 0.1) is 0 Å². The fourth-order valence-corrected chi connectivity index (χ4v) is 4.18. The maximum absolute atomic E-state index is 13.8. The molecule has 7 nitrogen and oxygen atoms in total. The molecule has 3 rings (SSSR count). The first-order chi connectivity index (χ1) is 15.2. The summed E-state index contributed by atoms with van der Waals surface area (Å²) in [6, 6.07) is 7.15. The maximum atomic E-state index is 13.8. The lowest BCUT2D eigenvalue weighted by Crippen LogP contribution is -2.49. The van der Waals surface area contributed by atoms with Crippen molar-refractivity contribution in [3.8, 4) is 5.75 Å². The second-order valence-electron chi connectivity index (χ2n) is 8.06. The monoisotopic (exact) mass is 454 g/mol. The van der Waals surface area contributed by atoms with Gasteiger partial charge in [-0.05, 0) is 32.0 Å². The SMILES string of the molecule is COc1ccccc1C(CNC(=O)CC(O)(c1nccn1C)C(F)(F)F)N1CCCCC1. The summed E-state index contributed by atoms with van der Waals surface area (Å²) < 4.78 is 47.8. The van der Waals surface area contributed by atoms with Crippen LogP contribution in [0.25, 0.3) is 0 Å². The number of alkyl halides is 3. The number of aliphatic hydroxyl groups is 1. The smallest absolute Gasteiger partial charge is 0.425 e. The Balaban J connectivity index is 1.79. The van der Waals surface area contributed by atoms with Crippen molar-refractivity contribution in [2.75, 3.05) is 26.7 Å². The molecule has 2 atom stereocenters. The lowest BCUT2D eigenvalue weighted by Gasteiger charge is -2.36. The lowest BCUT2D eigenvalue weighted by molar-refractivity contribution is -0.271. The molecule has 0 bridgehead atoms. The average molecular weight is 454 g/mol. The highest BCUT2D eigenvalue weighted by molar-refractivity contribution is 5.77. The van der Waals surface area contributed by atoms with Gasteiger partial charge < -0.3 is 19.7 Å². The van der Waals surface area contributed by atoms with Crippen LogP contribution in [0.5, 0.6) is 5.75 Å². The highest BCUT2D eigenvalue weighted by Crippen LogP contribution is 2.40. The van der Waals surface area contributed by atoms with Crippen molar-refractivity contribution >= 4 is 5.91 Å². The molecular weight excluding hydrogens is 425 g/mol. The van der Waals surface area contributed by atoms with Gasteiger partial charge in [0.2, 0.25) is 11.5 Å². The topological polar surface area (TPSA) is 79.6 Å². The van der Waals surface area contributed by atoms with E-state index in [4.69, 9.17) is 4.74 Å². The van der Waals surface area contributed by atoms with E-state index in [1.54, 1.807) is 7.11 Å². The zero-order chi connectivity index (χ0) is 23.4. The lowest BCUT2D eigenvalue weighted by atomic mass is 9.96. The fraction of sp³-hybridized carbons (Fsp3) is 0.545. The summed E-state index contributed by atoms with van der Waals surface area (Å²) in [5, 5.41) is 13.1. The molecule has 1 aromatic carbocycles. The molecular formula is C22H29F3N4O3. The van der Waals surface area contributed by atoms with E-state index in [0.717, 1.165) is 48.7 Å². The number of amides is 1. The van der Waals surface area contributed by atoms with Crippen LogP contribution in [0.4, 0.5) is 13.2 Å². The molecule has 2 heterocycles. The first kappa shape index (κ1) is 24.1. The number of ether oxygens (including phenoxy) is 1. The standard InChI is InChI=1S/C22H29F3N4O3/c1-28-13-10-26-20(28)21(31,22(23,24)25)14-19(30)27-15-17(29-11-6-3-7-12-29)16-8-4-5-9-18(16)32-2/h4-5,8-10,13,17,31H,3,6-7,11-12,14-15H2,1-2H3,(H,27,30). The first-order valence-corrected chi connectivity index (χ1v) is 10.6. The molecule has 32 heavy (non-hydrogen) atoms. The zero-order valence-corrected chi connectivity index (χ0v) is 18.2. The Hall–Kier alpha value is -2.59. The van der Waals surface area contributed by atoms with Crippen LogP contribution in [0.15, 0.2) is 36.7 Å². The third-order valence-electron chi connectivity index (χ3n) is 5.90. The number of carbonyl (C=O) groups excluding carboxylic acids is 1. The molecule has 0 spiro atoms. The summed E-state index contributed by atoms with van der Waals surface area (Å²) in [4.78, 5) is 18.5. The normalized spacial score (nSPS) is 18.1. The predicted octanol–water partition coefficient (Wildman–Crippen LogP) is 2.91. The van der Waals surface area contributed by atoms with Gasteiger partial charge in [-0.15, -0.1) is 0 Å². The number of likely N-dealkylation sites (tertiary alicyclic amines) is 1. The molecule has 2 N–H and O–H groups in total. The van der Waals surface area contributed by atoms with Gasteiger partial charge in [-0.25, -0.2) is 4.98 Å². The number of aryl methyl sites for hydroxylation is 1. The van der Waals surface area contributed by atoms with Gasteiger partial charge in [0, 0.05) is 31.5 Å². The van der Waals surface area contributed by atoms with E-state index in [-0.39, 0.29) is 12.6 Å². The largest absolute Gasteiger partial charge is 0.496 e. The number of imidazole rings is 1. The van der Waals surface area contributed by atoms with E-state index >= 15 is 0 Å². The van der Waals surface area contributed by atoms with Crippen LogP contribution in [-0.4, -0.2) is 58.4 Å². The van der Waals surface area contributed by atoms with E-state index < -0.39 is 29.9 Å². The Morgan fingerprint density at radius 1 is 1.25 bits per heavy atom. The van der Waals surface area contributed by atoms with E-state index in [1.165, 1.54) is 13.2 Å². The second kappa shape index (κ2) is 9.91. The number of piperidine rings is 1. The summed E-state index contributed by atoms with van der Waals surface area (Å²) in [7, 11) is 2.89. The Bertz CT molecular complexity index is 912. The number of nitrogens with one attached hydrogen (secondary N) is 1. The van der Waals surface area contributed by atoms with Gasteiger partial charge in [0.15, 0.2) is 5.82 Å². The Kier molecular flexibility index (Phi) is 7.45. The number of rotatable bonds is 8. The van der Waals surface area contributed by atoms with Crippen LogP contribution in [0.2, 0.25) is 0 Å². The fourth-order valence-electron chi connectivity index (χ4n) is 4.18. The van der Waals surface area contributed by atoms with Gasteiger partial charge in [-0.1, -0.05) is 24.6 Å². The van der Waals surface area contributed by atoms with Crippen molar-refractivity contribution in [2.24, 2.45) is 7.05 Å². The number of halogens is 3. The van der Waals surface area contributed by atoms with Gasteiger partial charge in [-0.2, -0.15) is 13.2 Å². The highest BCUT2D eigenvalue weighted by Gasteiger charge is 2.58. The van der Waals surface area contributed by atoms with E-state index in [1.807, 2.05) is 24.3 Å². The summed E-state index contributed by atoms with van der Waals surface area (Å²) in [6.07, 6.45) is -0.683. The van der Waals surface area contributed by atoms with Gasteiger partial charge >= 0.3 is 6.18 Å². The molecule has 1 aliphatic heterocycles. The number of para-hydroxylation sites is 1. The van der Waals surface area contributed by atoms with Crippen molar-refractivity contribution in [2.45, 2.75) is 43.5 Å². The van der Waals surface area contributed by atoms with Crippen LogP contribution in [-0.2, 0) is 17.4 Å². The van der Waals surface area contributed by atoms with Crippen LogP contribution in [0.3, 0.4) is 0 Å². The molecule has 1 aromatic heterocycles. The number of hydrogen-bond acceptors (Lipinski definition) is 5. The Morgan fingerprint density at radius 3 is 2.53 bits per heavy atom. The Labute approximate surface area is 185 Å². The van der Waals surface area contributed by atoms with Crippen LogP contribution >= 0.6 is 0 Å². The molecule has 1 saturated heterocycles. The molecule has 1 amide bonds. The zero-order valence-electron chi connectivity index (χ0n) is 18.2. The minimum Gasteiger partial charge on any atom is -0.496 e. The third-order valence-corrected chi connectivity index (χ3v) is 5.90. The van der Waals surface area contributed by atoms with Gasteiger partial charge in [0.05, 0.1) is 19.6 Å². The van der Waals surface area contributed by atoms with Crippen LogP contribution < -0.4 is 10.1 Å². The molecule has 2 aromatic rings. The number of benzene rings is 1. The number of carbonyl (C=O) groups is 1. The first-order valence-electron chi connectivity index (χ1n) is 10.6. The molecule has 1 fully saturated rings. The average Bonchev–Trinajstić information content (AvgIpc) is 3.20. The molecule has 0 radical (unpaired) electrons. The summed E-state index contributed by atoms with van der Waals surface area (Å²) in [6.45, 7) is 1.73. The molecule has 176 valence electrons. The summed E-state index contributed by atoms with van der Waals surface area (Å²) in [5.74, 6) is -0.890. The number of aromatic nitrogens is 2. The van der Waals surface area contributed by atoms with Crippen molar-refractivity contribution < 1.29 is 27.8 Å². The maximum Gasteiger partial charge on any atom is 0.425 e. The number of nitrogens with zero attached hydrogens (tertiary/aromatic N) is 3. The molecule has 10 heteroatoms. The van der Waals surface area contributed by atoms with Gasteiger partial charge in [0.25, 0.3) is 0 Å². The van der Waals surface area contributed by atoms with E-state index in [0.29, 0.717) is 5.75 Å². The van der Waals surface area contributed by atoms with Gasteiger partial charge in [-0.3, -0.25) is 9.69 Å². The van der Waals surface area contributed by atoms with Crippen molar-refractivity contribution in [1.82, 2.24) is 19.8 Å². The minimum atomic E-state index is -5.07. The molecule has 2 unspecified atom stereocenters. The van der Waals surface area contributed by atoms with E-state index in [2.05, 4.69) is 15.2 Å². The predicted molar refractivity (Wildman–Crippen MR) is 112 cm³/mol. The quantitative estimate of drug-likeness (QED) is 0.641. The van der Waals surface area contributed by atoms with Crippen molar-refractivity contribution in [3.05, 3.63) is 48.0 Å². The third kappa shape index (κ3) is 5.07. The molecule has 1 aliphatic rings. The Morgan fingerprint density at radius 2 is 1.94 bits per heavy atom. The van der Waals surface area contributed by atoms with E-state index in [9.17, 15) is 23.1 Å². The van der Waals surface area contributed by atoms with Crippen LogP contribution in [0.1, 0.15) is 43.1 Å². The van der Waals surface area contributed by atoms with Crippen molar-refractivity contribution in [1.29, 1.82) is 0 Å².